The highest BCUT2D eigenvalue weighted by molar-refractivity contribution is 6.25. The lowest BCUT2D eigenvalue weighted by molar-refractivity contribution is -0.123. The van der Waals surface area contributed by atoms with Crippen LogP contribution < -0.4 is 4.90 Å². The Morgan fingerprint density at radius 2 is 1.81 bits per heavy atom. The molecule has 1 saturated heterocycles. The van der Waals surface area contributed by atoms with E-state index in [0.29, 0.717) is 5.82 Å². The Balaban J connectivity index is 1.36. The van der Waals surface area contributed by atoms with E-state index >= 15 is 0 Å². The lowest BCUT2D eigenvalue weighted by Crippen LogP contribution is -2.39. The van der Waals surface area contributed by atoms with Crippen LogP contribution in [-0.2, 0) is 16.1 Å². The van der Waals surface area contributed by atoms with Gasteiger partial charge in [0.25, 0.3) is 11.8 Å². The number of benzene rings is 2. The lowest BCUT2D eigenvalue weighted by Gasteiger charge is -2.19. The lowest BCUT2D eigenvalue weighted by atomic mass is 10.1. The normalized spacial score (nSPS) is 20.1. The van der Waals surface area contributed by atoms with E-state index < -0.39 is 35.5 Å². The highest BCUT2D eigenvalue weighted by Gasteiger charge is 2.55. The number of aryl methyl sites for hydroxylation is 1. The van der Waals surface area contributed by atoms with E-state index in [9.17, 15) is 18.4 Å². The van der Waals surface area contributed by atoms with Crippen molar-refractivity contribution in [3.05, 3.63) is 65.6 Å². The Morgan fingerprint density at radius 1 is 1.03 bits per heavy atom. The van der Waals surface area contributed by atoms with Gasteiger partial charge in [-0.05, 0) is 19.1 Å². The largest absolute Gasteiger partial charge is 0.337 e. The number of hydrogen-bond acceptors (Lipinski definition) is 8. The molecule has 2 amide bonds. The van der Waals surface area contributed by atoms with Crippen LogP contribution >= 0.6 is 0 Å². The van der Waals surface area contributed by atoms with Gasteiger partial charge in [0.2, 0.25) is 11.7 Å². The second-order valence-corrected chi connectivity index (χ2v) is 7.18. The zero-order valence-electron chi connectivity index (χ0n) is 16.1. The molecule has 1 aromatic heterocycles. The van der Waals surface area contributed by atoms with E-state index in [1.54, 1.807) is 0 Å². The van der Waals surface area contributed by atoms with Gasteiger partial charge in [0.15, 0.2) is 23.7 Å². The smallest absolute Gasteiger partial charge is 0.263 e. The van der Waals surface area contributed by atoms with Crippen molar-refractivity contribution in [2.75, 3.05) is 4.90 Å². The van der Waals surface area contributed by atoms with Crippen LogP contribution in [0, 0.1) is 18.6 Å². The van der Waals surface area contributed by atoms with Gasteiger partial charge in [0.05, 0.1) is 5.69 Å². The second-order valence-electron chi connectivity index (χ2n) is 7.18. The molecule has 1 fully saturated rings. The molecular formula is C20H14F2N6O3. The number of carbonyl (C=O) groups excluding carboxylic acids is 2. The minimum Gasteiger partial charge on any atom is -0.337 e. The maximum Gasteiger partial charge on any atom is 0.263 e. The summed E-state index contributed by atoms with van der Waals surface area (Å²) in [7, 11) is 0. The maximum absolute atomic E-state index is 13.6. The molecule has 0 saturated carbocycles. The summed E-state index contributed by atoms with van der Waals surface area (Å²) in [4.78, 5) is 30.7. The SMILES string of the molecule is Cc1ccc(-c2noc(CN3N=N[C@@H]4C(=O)N(c5ccc(F)c(F)c5)C(=O)[C@@H]43)n2)cc1. The Kier molecular flexibility index (Phi) is 4.31. The summed E-state index contributed by atoms with van der Waals surface area (Å²) in [6.45, 7) is 1.91. The summed E-state index contributed by atoms with van der Waals surface area (Å²) in [5.41, 5.74) is 1.78. The molecule has 2 aliphatic rings. The molecule has 9 nitrogen and oxygen atoms in total. The molecule has 156 valence electrons. The van der Waals surface area contributed by atoms with Gasteiger partial charge >= 0.3 is 0 Å². The predicted octanol–water partition coefficient (Wildman–Crippen LogP) is 2.82. The molecule has 3 aromatic rings. The van der Waals surface area contributed by atoms with E-state index in [-0.39, 0.29) is 18.1 Å². The number of hydrogen-bond donors (Lipinski definition) is 0. The van der Waals surface area contributed by atoms with Gasteiger partial charge in [-0.1, -0.05) is 40.2 Å². The number of aromatic nitrogens is 2. The van der Waals surface area contributed by atoms with Crippen molar-refractivity contribution < 1.29 is 22.9 Å². The summed E-state index contributed by atoms with van der Waals surface area (Å²) in [5, 5.41) is 13.0. The van der Waals surface area contributed by atoms with Gasteiger partial charge in [-0.3, -0.25) is 14.6 Å². The molecule has 11 heteroatoms. The van der Waals surface area contributed by atoms with Gasteiger partial charge < -0.3 is 4.52 Å². The van der Waals surface area contributed by atoms with Crippen molar-refractivity contribution in [3.63, 3.8) is 0 Å². The number of anilines is 1. The van der Waals surface area contributed by atoms with Gasteiger partial charge in [0.1, 0.15) is 6.54 Å². The first-order valence-electron chi connectivity index (χ1n) is 9.32. The third kappa shape index (κ3) is 3.14. The van der Waals surface area contributed by atoms with E-state index in [0.717, 1.165) is 34.2 Å². The molecule has 3 heterocycles. The highest BCUT2D eigenvalue weighted by atomic mass is 19.2. The van der Waals surface area contributed by atoms with Crippen molar-refractivity contribution in [3.8, 4) is 11.4 Å². The number of amides is 2. The van der Waals surface area contributed by atoms with Gasteiger partial charge in [0, 0.05) is 11.6 Å². The standard InChI is InChI=1S/C20H14F2N6O3/c1-10-2-4-11(5-3-10)18-23-15(31-25-18)9-27-17-16(24-26-27)19(29)28(20(17)30)12-6-7-13(21)14(22)8-12/h2-8,16-17H,9H2,1H3/t16-,17+/m0/s1. The van der Waals surface area contributed by atoms with E-state index in [1.807, 2.05) is 31.2 Å². The summed E-state index contributed by atoms with van der Waals surface area (Å²) in [5.74, 6) is -3.00. The minimum atomic E-state index is -1.16. The molecule has 0 unspecified atom stereocenters. The predicted molar refractivity (Wildman–Crippen MR) is 101 cm³/mol. The summed E-state index contributed by atoms with van der Waals surface area (Å²) in [6.07, 6.45) is 0. The van der Waals surface area contributed by atoms with Crippen molar-refractivity contribution >= 4 is 17.5 Å². The Hall–Kier alpha value is -4.02. The average molecular weight is 424 g/mol. The topological polar surface area (TPSA) is 104 Å². The molecule has 31 heavy (non-hydrogen) atoms. The molecule has 0 radical (unpaired) electrons. The second kappa shape index (κ2) is 7.04. The number of rotatable bonds is 4. The first-order chi connectivity index (χ1) is 14.9. The van der Waals surface area contributed by atoms with Crippen molar-refractivity contribution in [1.29, 1.82) is 0 Å². The molecule has 0 spiro atoms. The summed E-state index contributed by atoms with van der Waals surface area (Å²) < 4.78 is 32.1. The number of halogens is 2. The zero-order valence-corrected chi connectivity index (χ0v) is 16.1. The number of fused-ring (bicyclic) bond motifs is 1. The molecule has 2 atom stereocenters. The minimum absolute atomic E-state index is 0.0475. The van der Waals surface area contributed by atoms with Crippen molar-refractivity contribution in [1.82, 2.24) is 15.1 Å². The fraction of sp³-hybridized carbons (Fsp3) is 0.200. The Bertz CT molecular complexity index is 1230. The van der Waals surface area contributed by atoms with Crippen LogP contribution in [0.15, 0.2) is 57.3 Å². The Morgan fingerprint density at radius 3 is 2.55 bits per heavy atom. The molecule has 2 aliphatic heterocycles. The van der Waals surface area contributed by atoms with Crippen LogP contribution in [0.2, 0.25) is 0 Å². The zero-order chi connectivity index (χ0) is 21.7. The van der Waals surface area contributed by atoms with E-state index in [1.165, 1.54) is 5.01 Å². The van der Waals surface area contributed by atoms with Crippen LogP contribution in [0.4, 0.5) is 14.5 Å². The maximum atomic E-state index is 13.6. The fourth-order valence-electron chi connectivity index (χ4n) is 3.51. The van der Waals surface area contributed by atoms with Crippen LogP contribution in [0.25, 0.3) is 11.4 Å². The van der Waals surface area contributed by atoms with Gasteiger partial charge in [-0.15, -0.1) is 0 Å². The van der Waals surface area contributed by atoms with Crippen LogP contribution in [0.5, 0.6) is 0 Å². The summed E-state index contributed by atoms with van der Waals surface area (Å²) in [6, 6.07) is 8.23. The molecule has 2 aromatic carbocycles. The number of nitrogens with zero attached hydrogens (tertiary/aromatic N) is 6. The van der Waals surface area contributed by atoms with Gasteiger partial charge in [-0.2, -0.15) is 10.1 Å². The number of imide groups is 1. The quantitative estimate of drug-likeness (QED) is 0.597. The average Bonchev–Trinajstić information content (AvgIpc) is 3.44. The Labute approximate surface area is 173 Å². The number of carbonyl (C=O) groups is 2. The molecule has 5 rings (SSSR count). The van der Waals surface area contributed by atoms with Crippen molar-refractivity contribution in [2.45, 2.75) is 25.6 Å². The third-order valence-corrected chi connectivity index (χ3v) is 5.09. The molecular weight excluding hydrogens is 410 g/mol. The third-order valence-electron chi connectivity index (χ3n) is 5.09. The van der Waals surface area contributed by atoms with E-state index in [2.05, 4.69) is 20.5 Å². The van der Waals surface area contributed by atoms with Crippen LogP contribution in [-0.4, -0.2) is 39.0 Å². The van der Waals surface area contributed by atoms with Crippen LogP contribution in [0.1, 0.15) is 11.5 Å². The van der Waals surface area contributed by atoms with E-state index in [4.69, 9.17) is 4.52 Å². The fourth-order valence-corrected chi connectivity index (χ4v) is 3.51. The molecule has 0 aliphatic carbocycles. The monoisotopic (exact) mass is 424 g/mol. The molecule has 0 bridgehead atoms. The van der Waals surface area contributed by atoms with Gasteiger partial charge in [-0.25, -0.2) is 13.7 Å². The van der Waals surface area contributed by atoms with Crippen molar-refractivity contribution in [2.24, 2.45) is 10.3 Å². The highest BCUT2D eigenvalue weighted by Crippen LogP contribution is 2.33. The first kappa shape index (κ1) is 19.0. The molecule has 0 N–H and O–H groups in total. The first-order valence-corrected chi connectivity index (χ1v) is 9.32. The van der Waals surface area contributed by atoms with Crippen LogP contribution in [0.3, 0.4) is 0 Å². The summed E-state index contributed by atoms with van der Waals surface area (Å²) >= 11 is 0.